The lowest BCUT2D eigenvalue weighted by Crippen LogP contribution is -2.44. The van der Waals surface area contributed by atoms with E-state index in [0.29, 0.717) is 12.1 Å². The molecule has 0 aromatic carbocycles. The Morgan fingerprint density at radius 1 is 1.35 bits per heavy atom. The smallest absolute Gasteiger partial charge is 0.256 e. The molecule has 0 aliphatic carbocycles. The monoisotopic (exact) mass is 313 g/mol. The topological polar surface area (TPSA) is 54.3 Å². The maximum Gasteiger partial charge on any atom is 0.256 e. The van der Waals surface area contributed by atoms with Gasteiger partial charge in [0.05, 0.1) is 17.8 Å². The van der Waals surface area contributed by atoms with Gasteiger partial charge in [-0.25, -0.2) is 0 Å². The Labute approximate surface area is 136 Å². The van der Waals surface area contributed by atoms with Crippen LogP contribution in [0.1, 0.15) is 28.2 Å². The molecule has 1 aliphatic heterocycles. The molecule has 3 heterocycles. The summed E-state index contributed by atoms with van der Waals surface area (Å²) in [5.41, 5.74) is 2.65. The molecule has 122 valence electrons. The molecule has 2 aromatic rings. The first-order chi connectivity index (χ1) is 11.0. The van der Waals surface area contributed by atoms with Crippen molar-refractivity contribution in [2.24, 2.45) is 0 Å². The van der Waals surface area contributed by atoms with Crippen molar-refractivity contribution >= 4 is 5.91 Å². The van der Waals surface area contributed by atoms with E-state index in [4.69, 9.17) is 0 Å². The van der Waals surface area contributed by atoms with Gasteiger partial charge in [-0.2, -0.15) is 5.10 Å². The van der Waals surface area contributed by atoms with Crippen LogP contribution < -0.4 is 0 Å². The van der Waals surface area contributed by atoms with Gasteiger partial charge in [-0.05, 0) is 45.6 Å². The summed E-state index contributed by atoms with van der Waals surface area (Å²) in [5.74, 6) is 0.0407. The highest BCUT2D eigenvalue weighted by atomic mass is 16.2. The number of carbonyl (C=O) groups is 1. The zero-order chi connectivity index (χ0) is 16.4. The molecule has 2 aromatic heterocycles. The second-order valence-electron chi connectivity index (χ2n) is 6.37. The van der Waals surface area contributed by atoms with Crippen molar-refractivity contribution in [2.45, 2.75) is 32.5 Å². The molecule has 1 atom stereocenters. The first kappa shape index (κ1) is 15.7. The Kier molecular flexibility index (Phi) is 4.43. The van der Waals surface area contributed by atoms with Crippen molar-refractivity contribution in [3.8, 4) is 0 Å². The van der Waals surface area contributed by atoms with Crippen LogP contribution in [0.15, 0.2) is 30.6 Å². The summed E-state index contributed by atoms with van der Waals surface area (Å²) >= 11 is 0. The lowest BCUT2D eigenvalue weighted by atomic mass is 10.1. The van der Waals surface area contributed by atoms with E-state index in [1.54, 1.807) is 12.4 Å². The standard InChI is InChI=1S/C17H23N5O/c1-13-4-5-14(10-18-13)17(23)21-12-16-6-8-19-22(16)9-7-15(21)11-20(2)3/h4-6,8,10,15H,7,9,11-12H2,1-3H3. The third kappa shape index (κ3) is 3.42. The van der Waals surface area contributed by atoms with Crippen LogP contribution in [0.25, 0.3) is 0 Å². The molecule has 6 heteroatoms. The molecule has 0 saturated heterocycles. The molecule has 0 bridgehead atoms. The van der Waals surface area contributed by atoms with Crippen LogP contribution in [0.3, 0.4) is 0 Å². The third-order valence-corrected chi connectivity index (χ3v) is 4.25. The quantitative estimate of drug-likeness (QED) is 0.863. The average Bonchev–Trinajstić information content (AvgIpc) is 2.89. The van der Waals surface area contributed by atoms with Crippen molar-refractivity contribution in [3.05, 3.63) is 47.5 Å². The molecular formula is C17H23N5O. The maximum atomic E-state index is 13.0. The number of nitrogens with zero attached hydrogens (tertiary/aromatic N) is 5. The molecule has 1 unspecified atom stereocenters. The van der Waals surface area contributed by atoms with Gasteiger partial charge >= 0.3 is 0 Å². The van der Waals surface area contributed by atoms with E-state index in [1.807, 2.05) is 48.8 Å². The molecule has 0 spiro atoms. The first-order valence-corrected chi connectivity index (χ1v) is 7.93. The second kappa shape index (κ2) is 6.50. The summed E-state index contributed by atoms with van der Waals surface area (Å²) < 4.78 is 2.00. The maximum absolute atomic E-state index is 13.0. The summed E-state index contributed by atoms with van der Waals surface area (Å²) in [6.07, 6.45) is 4.38. The van der Waals surface area contributed by atoms with E-state index < -0.39 is 0 Å². The lowest BCUT2D eigenvalue weighted by molar-refractivity contribution is 0.0626. The number of hydrogen-bond acceptors (Lipinski definition) is 4. The van der Waals surface area contributed by atoms with E-state index in [2.05, 4.69) is 15.0 Å². The molecule has 6 nitrogen and oxygen atoms in total. The van der Waals surface area contributed by atoms with Crippen LogP contribution in [0.2, 0.25) is 0 Å². The zero-order valence-corrected chi connectivity index (χ0v) is 13.9. The van der Waals surface area contributed by atoms with Crippen LogP contribution >= 0.6 is 0 Å². The van der Waals surface area contributed by atoms with Gasteiger partial charge in [0.1, 0.15) is 0 Å². The van der Waals surface area contributed by atoms with Gasteiger partial charge in [0.2, 0.25) is 0 Å². The summed E-state index contributed by atoms with van der Waals surface area (Å²) in [6.45, 7) is 4.20. The normalized spacial score (nSPS) is 17.9. The van der Waals surface area contributed by atoms with Crippen LogP contribution in [-0.4, -0.2) is 57.2 Å². The van der Waals surface area contributed by atoms with Gasteiger partial charge in [-0.3, -0.25) is 14.5 Å². The summed E-state index contributed by atoms with van der Waals surface area (Å²) in [6, 6.07) is 5.90. The van der Waals surface area contributed by atoms with Gasteiger partial charge in [-0.15, -0.1) is 0 Å². The molecule has 0 radical (unpaired) electrons. The van der Waals surface area contributed by atoms with E-state index in [9.17, 15) is 4.79 Å². The van der Waals surface area contributed by atoms with Crippen molar-refractivity contribution in [1.29, 1.82) is 0 Å². The molecule has 0 N–H and O–H groups in total. The van der Waals surface area contributed by atoms with Gasteiger partial charge in [0, 0.05) is 37.2 Å². The Hall–Kier alpha value is -2.21. The van der Waals surface area contributed by atoms with Crippen molar-refractivity contribution in [3.63, 3.8) is 0 Å². The minimum absolute atomic E-state index is 0.0407. The van der Waals surface area contributed by atoms with Crippen LogP contribution in [0.5, 0.6) is 0 Å². The summed E-state index contributed by atoms with van der Waals surface area (Å²) in [5, 5.41) is 4.36. The summed E-state index contributed by atoms with van der Waals surface area (Å²) in [7, 11) is 4.08. The number of carbonyl (C=O) groups excluding carboxylic acids is 1. The van der Waals surface area contributed by atoms with Gasteiger partial charge < -0.3 is 9.80 Å². The lowest BCUT2D eigenvalue weighted by Gasteiger charge is -2.31. The van der Waals surface area contributed by atoms with Gasteiger partial charge in [0.15, 0.2) is 0 Å². The highest BCUT2D eigenvalue weighted by molar-refractivity contribution is 5.94. The zero-order valence-electron chi connectivity index (χ0n) is 13.9. The fraction of sp³-hybridized carbons (Fsp3) is 0.471. The molecule has 3 rings (SSSR count). The summed E-state index contributed by atoms with van der Waals surface area (Å²) in [4.78, 5) is 21.4. The van der Waals surface area contributed by atoms with E-state index in [1.165, 1.54) is 0 Å². The minimum Gasteiger partial charge on any atom is -0.328 e. The number of likely N-dealkylation sites (N-methyl/N-ethyl adjacent to an activating group) is 1. The van der Waals surface area contributed by atoms with E-state index in [-0.39, 0.29) is 11.9 Å². The third-order valence-electron chi connectivity index (χ3n) is 4.25. The largest absolute Gasteiger partial charge is 0.328 e. The SMILES string of the molecule is Cc1ccc(C(=O)N2Cc3ccnn3CCC2CN(C)C)cn1. The van der Waals surface area contributed by atoms with Crippen LogP contribution in [-0.2, 0) is 13.1 Å². The average molecular weight is 313 g/mol. The highest BCUT2D eigenvalue weighted by Crippen LogP contribution is 2.20. The number of aromatic nitrogens is 3. The van der Waals surface area contributed by atoms with Gasteiger partial charge in [0.25, 0.3) is 5.91 Å². The molecule has 23 heavy (non-hydrogen) atoms. The van der Waals surface area contributed by atoms with E-state index >= 15 is 0 Å². The Morgan fingerprint density at radius 2 is 2.17 bits per heavy atom. The second-order valence-corrected chi connectivity index (χ2v) is 6.37. The molecule has 0 fully saturated rings. The molecule has 1 amide bonds. The number of amides is 1. The minimum atomic E-state index is 0.0407. The Balaban J connectivity index is 1.90. The molecule has 1 aliphatic rings. The van der Waals surface area contributed by atoms with Crippen LogP contribution in [0, 0.1) is 6.92 Å². The Morgan fingerprint density at radius 3 is 2.87 bits per heavy atom. The number of aryl methyl sites for hydroxylation is 2. The Bertz CT molecular complexity index is 677. The fourth-order valence-electron chi connectivity index (χ4n) is 3.04. The predicted octanol–water partition coefficient (Wildman–Crippen LogP) is 1.56. The van der Waals surface area contributed by atoms with E-state index in [0.717, 1.165) is 30.9 Å². The fourth-order valence-corrected chi connectivity index (χ4v) is 3.04. The number of fused-ring (bicyclic) bond motifs is 1. The molecule has 0 saturated carbocycles. The number of pyridine rings is 1. The number of rotatable bonds is 3. The van der Waals surface area contributed by atoms with Crippen molar-refractivity contribution < 1.29 is 4.79 Å². The molecular weight excluding hydrogens is 290 g/mol. The van der Waals surface area contributed by atoms with Crippen molar-refractivity contribution in [1.82, 2.24) is 24.6 Å². The van der Waals surface area contributed by atoms with Gasteiger partial charge in [-0.1, -0.05) is 0 Å². The van der Waals surface area contributed by atoms with Crippen molar-refractivity contribution in [2.75, 3.05) is 20.6 Å². The van der Waals surface area contributed by atoms with Crippen LogP contribution in [0.4, 0.5) is 0 Å². The first-order valence-electron chi connectivity index (χ1n) is 7.93. The number of hydrogen-bond donors (Lipinski definition) is 0. The predicted molar refractivity (Wildman–Crippen MR) is 88.0 cm³/mol. The highest BCUT2D eigenvalue weighted by Gasteiger charge is 2.29.